The number of sulfonamides is 1. The molecule has 7 heteroatoms. The summed E-state index contributed by atoms with van der Waals surface area (Å²) in [6, 6.07) is 20.2. The molecule has 0 aliphatic carbocycles. The molecule has 2 aromatic rings. The second-order valence-electron chi connectivity index (χ2n) is 10.5. The Labute approximate surface area is 210 Å². The number of alkyl halides is 1. The fourth-order valence-corrected chi connectivity index (χ4v) is 8.42. The van der Waals surface area contributed by atoms with Crippen molar-refractivity contribution in [2.45, 2.75) is 69.8 Å². The van der Waals surface area contributed by atoms with E-state index < -0.39 is 23.9 Å². The summed E-state index contributed by atoms with van der Waals surface area (Å²) in [6.45, 7) is 11.8. The average molecular weight is 553 g/mol. The summed E-state index contributed by atoms with van der Waals surface area (Å²) in [5.74, 6) is 0.147. The summed E-state index contributed by atoms with van der Waals surface area (Å²) in [5.41, 5.74) is 1.17. The molecule has 0 amide bonds. The van der Waals surface area contributed by atoms with Gasteiger partial charge in [-0.1, -0.05) is 97.4 Å². The average Bonchev–Trinajstić information content (AvgIpc) is 3.28. The number of benzene rings is 2. The lowest BCUT2D eigenvalue weighted by atomic mass is 9.79. The van der Waals surface area contributed by atoms with Crippen molar-refractivity contribution in [2.24, 2.45) is 0 Å². The molecule has 1 atom stereocenters. The van der Waals surface area contributed by atoms with Crippen LogP contribution < -0.4 is 0 Å². The highest BCUT2D eigenvalue weighted by Gasteiger charge is 2.55. The molecule has 182 valence electrons. The third-order valence-electron chi connectivity index (χ3n) is 7.19. The zero-order valence-corrected chi connectivity index (χ0v) is 24.0. The molecule has 0 N–H and O–H groups in total. The number of halogens is 1. The van der Waals surface area contributed by atoms with Crippen molar-refractivity contribution < 1.29 is 12.8 Å². The van der Waals surface area contributed by atoms with E-state index in [1.807, 2.05) is 36.4 Å². The van der Waals surface area contributed by atoms with Crippen LogP contribution in [0.1, 0.15) is 51.2 Å². The highest BCUT2D eigenvalue weighted by atomic mass is 79.9. The van der Waals surface area contributed by atoms with Gasteiger partial charge < -0.3 is 4.43 Å². The predicted molar refractivity (Wildman–Crippen MR) is 144 cm³/mol. The van der Waals surface area contributed by atoms with Gasteiger partial charge in [-0.15, -0.1) is 0 Å². The predicted octanol–water partition coefficient (Wildman–Crippen LogP) is 6.53. The molecule has 4 nitrogen and oxygen atoms in total. The summed E-state index contributed by atoms with van der Waals surface area (Å²) >= 11 is 3.40. The Morgan fingerprint density at radius 1 is 1.00 bits per heavy atom. The molecule has 0 spiro atoms. The van der Waals surface area contributed by atoms with Crippen molar-refractivity contribution in [1.29, 1.82) is 0 Å². The first kappa shape index (κ1) is 26.6. The minimum absolute atomic E-state index is 0.0277. The smallest absolute Gasteiger partial charge is 0.214 e. The van der Waals surface area contributed by atoms with E-state index >= 15 is 0 Å². The van der Waals surface area contributed by atoms with Gasteiger partial charge in [-0.25, -0.2) is 8.42 Å². The highest BCUT2D eigenvalue weighted by Crippen LogP contribution is 2.50. The van der Waals surface area contributed by atoms with Gasteiger partial charge in [0.2, 0.25) is 10.0 Å². The SMILES string of the molecule is CC(C)(C)[Si](C)(C)OC(c1ccccc1)(c1ccccc1)[C@H]1CCCN1S(=O)(=O)CCCBr. The Bertz CT molecular complexity index is 967. The Hall–Kier alpha value is -0.993. The van der Waals surface area contributed by atoms with Gasteiger partial charge in [0.1, 0.15) is 5.60 Å². The maximum absolute atomic E-state index is 13.5. The van der Waals surface area contributed by atoms with Crippen LogP contribution in [0.25, 0.3) is 0 Å². The molecule has 1 aliphatic rings. The summed E-state index contributed by atoms with van der Waals surface area (Å²) in [7, 11) is -5.74. The second kappa shape index (κ2) is 10.3. The van der Waals surface area contributed by atoms with Crippen LogP contribution in [0.5, 0.6) is 0 Å². The fourth-order valence-electron chi connectivity index (χ4n) is 4.50. The quantitative estimate of drug-likeness (QED) is 0.263. The molecule has 2 aromatic carbocycles. The monoisotopic (exact) mass is 551 g/mol. The Kier molecular flexibility index (Phi) is 8.32. The molecular formula is C26H38BrNO3SSi. The first-order chi connectivity index (χ1) is 15.5. The minimum atomic E-state index is -3.42. The lowest BCUT2D eigenvalue weighted by Gasteiger charge is -2.50. The van der Waals surface area contributed by atoms with Gasteiger partial charge >= 0.3 is 0 Å². The van der Waals surface area contributed by atoms with E-state index in [1.54, 1.807) is 4.31 Å². The van der Waals surface area contributed by atoms with E-state index in [0.29, 0.717) is 18.3 Å². The lowest BCUT2D eigenvalue weighted by molar-refractivity contribution is 0.0322. The van der Waals surface area contributed by atoms with Gasteiger partial charge in [0.25, 0.3) is 0 Å². The zero-order valence-electron chi connectivity index (χ0n) is 20.6. The Balaban J connectivity index is 2.28. The summed E-state index contributed by atoms with van der Waals surface area (Å²) in [6.07, 6.45) is 2.20. The zero-order chi connectivity index (χ0) is 24.3. The van der Waals surface area contributed by atoms with Gasteiger partial charge in [0, 0.05) is 11.9 Å². The van der Waals surface area contributed by atoms with Crippen LogP contribution in [0.4, 0.5) is 0 Å². The van der Waals surface area contributed by atoms with Crippen LogP contribution in [0.15, 0.2) is 60.7 Å². The normalized spacial score (nSPS) is 18.5. The largest absolute Gasteiger partial charge is 0.402 e. The Morgan fingerprint density at radius 3 is 1.97 bits per heavy atom. The maximum Gasteiger partial charge on any atom is 0.214 e. The minimum Gasteiger partial charge on any atom is -0.402 e. The molecular weight excluding hydrogens is 514 g/mol. The van der Waals surface area contributed by atoms with Crippen LogP contribution in [-0.2, 0) is 20.1 Å². The van der Waals surface area contributed by atoms with Crippen molar-refractivity contribution >= 4 is 34.3 Å². The van der Waals surface area contributed by atoms with Gasteiger partial charge in [0.05, 0.1) is 11.8 Å². The van der Waals surface area contributed by atoms with E-state index in [0.717, 1.165) is 24.0 Å². The third-order valence-corrected chi connectivity index (χ3v) is 14.2. The molecule has 1 saturated heterocycles. The van der Waals surface area contributed by atoms with Crippen molar-refractivity contribution in [1.82, 2.24) is 4.31 Å². The second-order valence-corrected chi connectivity index (χ2v) is 18.0. The van der Waals surface area contributed by atoms with E-state index in [9.17, 15) is 8.42 Å². The molecule has 1 aliphatic heterocycles. The summed E-state index contributed by atoms with van der Waals surface area (Å²) in [4.78, 5) is 0. The van der Waals surface area contributed by atoms with E-state index in [2.05, 4.69) is 74.1 Å². The van der Waals surface area contributed by atoms with Crippen LogP contribution in [0, 0.1) is 0 Å². The highest BCUT2D eigenvalue weighted by molar-refractivity contribution is 9.09. The van der Waals surface area contributed by atoms with Crippen molar-refractivity contribution in [3.8, 4) is 0 Å². The molecule has 1 fully saturated rings. The van der Waals surface area contributed by atoms with Gasteiger partial charge in [-0.05, 0) is 48.5 Å². The number of rotatable bonds is 9. The number of nitrogens with zero attached hydrogens (tertiary/aromatic N) is 1. The summed E-state index contributed by atoms with van der Waals surface area (Å²) < 4.78 is 36.2. The van der Waals surface area contributed by atoms with Crippen molar-refractivity contribution in [2.75, 3.05) is 17.6 Å². The maximum atomic E-state index is 13.5. The number of hydrogen-bond donors (Lipinski definition) is 0. The Morgan fingerprint density at radius 2 is 1.52 bits per heavy atom. The molecule has 0 saturated carbocycles. The summed E-state index contributed by atoms with van der Waals surface area (Å²) in [5, 5.41) is 0.647. The van der Waals surface area contributed by atoms with Gasteiger partial charge in [-0.3, -0.25) is 0 Å². The van der Waals surface area contributed by atoms with Crippen molar-refractivity contribution in [3.05, 3.63) is 71.8 Å². The van der Waals surface area contributed by atoms with Gasteiger partial charge in [0.15, 0.2) is 8.32 Å². The molecule has 0 unspecified atom stereocenters. The topological polar surface area (TPSA) is 46.6 Å². The molecule has 33 heavy (non-hydrogen) atoms. The van der Waals surface area contributed by atoms with E-state index in [-0.39, 0.29) is 16.8 Å². The molecule has 0 aromatic heterocycles. The first-order valence-corrected chi connectivity index (χ1v) is 17.5. The van der Waals surface area contributed by atoms with Gasteiger partial charge in [-0.2, -0.15) is 4.31 Å². The van der Waals surface area contributed by atoms with Crippen LogP contribution in [-0.4, -0.2) is 44.7 Å². The molecule has 3 rings (SSSR count). The van der Waals surface area contributed by atoms with Crippen LogP contribution >= 0.6 is 15.9 Å². The van der Waals surface area contributed by atoms with E-state index in [4.69, 9.17) is 4.43 Å². The standard InChI is InChI=1S/C26H38BrNO3SSi/c1-25(2,3)33(4,5)31-26(22-14-8-6-9-15-22,23-16-10-7-11-17-23)24-18-12-20-28(24)32(29,30)21-13-19-27/h6-11,14-17,24H,12-13,18-21H2,1-5H3/t24-/m1/s1. The van der Waals surface area contributed by atoms with Crippen LogP contribution in [0.3, 0.4) is 0 Å². The van der Waals surface area contributed by atoms with Crippen LogP contribution in [0.2, 0.25) is 18.1 Å². The molecule has 1 heterocycles. The van der Waals surface area contributed by atoms with Crippen molar-refractivity contribution in [3.63, 3.8) is 0 Å². The van der Waals surface area contributed by atoms with E-state index in [1.165, 1.54) is 0 Å². The lowest BCUT2D eigenvalue weighted by Crippen LogP contribution is -2.58. The molecule has 0 radical (unpaired) electrons. The number of hydrogen-bond acceptors (Lipinski definition) is 3. The first-order valence-electron chi connectivity index (χ1n) is 11.8. The molecule has 0 bridgehead atoms. The third kappa shape index (κ3) is 5.48. The fraction of sp³-hybridized carbons (Fsp3) is 0.538.